The van der Waals surface area contributed by atoms with Crippen LogP contribution in [0.15, 0.2) is 29.4 Å². The maximum Gasteiger partial charge on any atom is 0.270 e. The second-order valence-corrected chi connectivity index (χ2v) is 3.91. The lowest BCUT2D eigenvalue weighted by molar-refractivity contribution is -0.384. The molecule has 0 saturated carbocycles. The normalized spacial score (nSPS) is 17.5. The number of hydrogen-bond acceptors (Lipinski definition) is 7. The zero-order valence-electron chi connectivity index (χ0n) is 9.91. The number of nitro groups is 1. The van der Waals surface area contributed by atoms with Gasteiger partial charge in [-0.25, -0.2) is 11.0 Å². The van der Waals surface area contributed by atoms with Gasteiger partial charge in [-0.05, 0) is 0 Å². The Morgan fingerprint density at radius 1 is 1.42 bits per heavy atom. The molecule has 1 unspecified atom stereocenters. The zero-order chi connectivity index (χ0) is 14.0. The number of Topliss-reactive ketones (excluding diaryl/α,β-unsaturated/α-hetero) is 2. The fourth-order valence-corrected chi connectivity index (χ4v) is 1.70. The van der Waals surface area contributed by atoms with Gasteiger partial charge in [-0.15, -0.1) is 0 Å². The molecule has 0 aromatic heterocycles. The Bertz CT molecular complexity index is 596. The molecule has 98 valence electrons. The summed E-state index contributed by atoms with van der Waals surface area (Å²) in [6.45, 7) is 1.29. The van der Waals surface area contributed by atoms with Gasteiger partial charge in [0.25, 0.3) is 5.69 Å². The van der Waals surface area contributed by atoms with Crippen LogP contribution < -0.4 is 11.0 Å². The largest absolute Gasteiger partial charge is 0.293 e. The molecule has 19 heavy (non-hydrogen) atoms. The summed E-state index contributed by atoms with van der Waals surface area (Å²) in [7, 11) is 0. The molecule has 1 atom stereocenters. The van der Waals surface area contributed by atoms with Gasteiger partial charge in [0.15, 0.2) is 11.6 Å². The number of ketones is 2. The van der Waals surface area contributed by atoms with Gasteiger partial charge in [0.1, 0.15) is 11.8 Å². The molecule has 0 radical (unpaired) electrons. The van der Waals surface area contributed by atoms with Gasteiger partial charge < -0.3 is 0 Å². The maximum absolute atomic E-state index is 12.2. The first kappa shape index (κ1) is 12.8. The molecule has 0 spiro atoms. The van der Waals surface area contributed by atoms with Gasteiger partial charge in [0.2, 0.25) is 0 Å². The summed E-state index contributed by atoms with van der Waals surface area (Å²) >= 11 is 0. The monoisotopic (exact) mass is 262 g/mol. The van der Waals surface area contributed by atoms with Crippen molar-refractivity contribution in [2.75, 3.05) is 0 Å². The molecule has 0 aliphatic carbocycles. The van der Waals surface area contributed by atoms with Gasteiger partial charge >= 0.3 is 0 Å². The Morgan fingerprint density at radius 2 is 2.16 bits per heavy atom. The Kier molecular flexibility index (Phi) is 3.34. The molecular weight excluding hydrogens is 252 g/mol. The molecule has 1 aromatic carbocycles. The summed E-state index contributed by atoms with van der Waals surface area (Å²) in [6, 6.07) is 4.39. The summed E-state index contributed by atoms with van der Waals surface area (Å²) in [5.41, 5.74) is 4.91. The third-order valence-electron chi connectivity index (χ3n) is 2.62. The molecule has 2 rings (SSSR count). The van der Waals surface area contributed by atoms with Crippen molar-refractivity contribution in [3.05, 3.63) is 39.9 Å². The Hall–Kier alpha value is -2.61. The van der Waals surface area contributed by atoms with Gasteiger partial charge in [0.05, 0.1) is 4.92 Å². The summed E-state index contributed by atoms with van der Waals surface area (Å²) in [5.74, 6) is -0.802. The van der Waals surface area contributed by atoms with Crippen LogP contribution in [0.1, 0.15) is 17.3 Å². The molecule has 1 aromatic rings. The zero-order valence-corrected chi connectivity index (χ0v) is 9.91. The molecule has 0 saturated heterocycles. The number of hydrazine groups is 1. The molecule has 1 heterocycles. The lowest BCUT2D eigenvalue weighted by atomic mass is 9.99. The molecule has 0 amide bonds. The van der Waals surface area contributed by atoms with Crippen LogP contribution in [0.3, 0.4) is 0 Å². The number of rotatable bonds is 4. The van der Waals surface area contributed by atoms with Crippen molar-refractivity contribution < 1.29 is 14.5 Å². The van der Waals surface area contributed by atoms with Crippen molar-refractivity contribution in [2.24, 2.45) is 5.10 Å². The topological polar surface area (TPSA) is 114 Å². The van der Waals surface area contributed by atoms with E-state index in [2.05, 4.69) is 16.1 Å². The van der Waals surface area contributed by atoms with Crippen molar-refractivity contribution in [3.8, 4) is 0 Å². The number of nitro benzene ring substituents is 1. The smallest absolute Gasteiger partial charge is 0.270 e. The number of benzene rings is 1. The van der Waals surface area contributed by atoms with E-state index in [1.165, 1.54) is 31.2 Å². The molecule has 8 nitrogen and oxygen atoms in total. The van der Waals surface area contributed by atoms with Crippen molar-refractivity contribution in [3.63, 3.8) is 0 Å². The van der Waals surface area contributed by atoms with E-state index in [4.69, 9.17) is 0 Å². The lowest BCUT2D eigenvalue weighted by Gasteiger charge is -2.09. The Labute approximate surface area is 107 Å². The van der Waals surface area contributed by atoms with Gasteiger partial charge in [-0.2, -0.15) is 5.10 Å². The standard InChI is InChI=1S/C11H10N4O4/c1-6(16)9-10(13-14-12-9)11(17)7-3-2-4-8(5-7)15(18)19/h2-5,10,13-14H,1H3. The van der Waals surface area contributed by atoms with Crippen LogP contribution in [0.25, 0.3) is 0 Å². The first-order valence-electron chi connectivity index (χ1n) is 5.38. The van der Waals surface area contributed by atoms with E-state index in [-0.39, 0.29) is 22.7 Å². The van der Waals surface area contributed by atoms with E-state index >= 15 is 0 Å². The van der Waals surface area contributed by atoms with Gasteiger partial charge in [0, 0.05) is 24.6 Å². The number of non-ortho nitro benzene ring substituents is 1. The highest BCUT2D eigenvalue weighted by molar-refractivity contribution is 6.46. The second-order valence-electron chi connectivity index (χ2n) is 3.91. The van der Waals surface area contributed by atoms with Gasteiger partial charge in [-0.3, -0.25) is 19.7 Å². The molecule has 8 heteroatoms. The number of carbonyl (C=O) groups excluding carboxylic acids is 2. The summed E-state index contributed by atoms with van der Waals surface area (Å²) in [4.78, 5) is 33.5. The van der Waals surface area contributed by atoms with Crippen molar-refractivity contribution in [2.45, 2.75) is 13.0 Å². The lowest BCUT2D eigenvalue weighted by Crippen LogP contribution is -2.43. The van der Waals surface area contributed by atoms with Crippen LogP contribution >= 0.6 is 0 Å². The highest BCUT2D eigenvalue weighted by Gasteiger charge is 2.32. The predicted molar refractivity (Wildman–Crippen MR) is 65.6 cm³/mol. The Balaban J connectivity index is 2.30. The van der Waals surface area contributed by atoms with Crippen LogP contribution in [0.2, 0.25) is 0 Å². The summed E-state index contributed by atoms with van der Waals surface area (Å²) in [5, 5.41) is 14.3. The van der Waals surface area contributed by atoms with E-state index in [1.54, 1.807) is 0 Å². The molecule has 1 aliphatic rings. The number of nitrogens with zero attached hydrogens (tertiary/aromatic N) is 2. The van der Waals surface area contributed by atoms with Crippen LogP contribution in [0.5, 0.6) is 0 Å². The van der Waals surface area contributed by atoms with Crippen LogP contribution in [-0.4, -0.2) is 28.2 Å². The first-order chi connectivity index (χ1) is 9.00. The predicted octanol–water partition coefficient (Wildman–Crippen LogP) is 0.199. The quantitative estimate of drug-likeness (QED) is 0.455. The maximum atomic E-state index is 12.2. The van der Waals surface area contributed by atoms with E-state index in [0.717, 1.165) is 0 Å². The van der Waals surface area contributed by atoms with E-state index < -0.39 is 16.7 Å². The average Bonchev–Trinajstić information content (AvgIpc) is 2.87. The van der Waals surface area contributed by atoms with Gasteiger partial charge in [-0.1, -0.05) is 12.1 Å². The highest BCUT2D eigenvalue weighted by Crippen LogP contribution is 2.15. The summed E-state index contributed by atoms with van der Waals surface area (Å²) in [6.07, 6.45) is 0. The molecule has 0 fully saturated rings. The number of hydrogen-bond donors (Lipinski definition) is 2. The highest BCUT2D eigenvalue weighted by atomic mass is 16.6. The second kappa shape index (κ2) is 4.94. The number of hydrazone groups is 1. The van der Waals surface area contributed by atoms with E-state index in [9.17, 15) is 19.7 Å². The number of nitrogens with one attached hydrogen (secondary N) is 2. The van der Waals surface area contributed by atoms with Crippen LogP contribution in [-0.2, 0) is 4.79 Å². The third-order valence-corrected chi connectivity index (χ3v) is 2.62. The third kappa shape index (κ3) is 2.47. The summed E-state index contributed by atoms with van der Waals surface area (Å²) < 4.78 is 0. The average molecular weight is 262 g/mol. The van der Waals surface area contributed by atoms with E-state index in [1.807, 2.05) is 0 Å². The molecule has 0 bridgehead atoms. The van der Waals surface area contributed by atoms with Crippen molar-refractivity contribution in [1.82, 2.24) is 11.0 Å². The Morgan fingerprint density at radius 3 is 2.79 bits per heavy atom. The fourth-order valence-electron chi connectivity index (χ4n) is 1.70. The molecular formula is C11H10N4O4. The molecule has 1 aliphatic heterocycles. The van der Waals surface area contributed by atoms with Crippen molar-refractivity contribution in [1.29, 1.82) is 0 Å². The van der Waals surface area contributed by atoms with Crippen LogP contribution in [0, 0.1) is 10.1 Å². The number of carbonyl (C=O) groups is 2. The minimum Gasteiger partial charge on any atom is -0.293 e. The fraction of sp³-hybridized carbons (Fsp3) is 0.182. The van der Waals surface area contributed by atoms with Crippen LogP contribution in [0.4, 0.5) is 5.69 Å². The minimum atomic E-state index is -0.931. The first-order valence-corrected chi connectivity index (χ1v) is 5.38. The minimum absolute atomic E-state index is 0.0523. The van der Waals surface area contributed by atoms with E-state index in [0.29, 0.717) is 0 Å². The SMILES string of the molecule is CC(=O)C1=NNNC1C(=O)c1cccc([N+](=O)[O-])c1. The molecule has 2 N–H and O–H groups in total. The van der Waals surface area contributed by atoms with Crippen molar-refractivity contribution >= 4 is 23.0 Å².